The van der Waals surface area contributed by atoms with Crippen molar-refractivity contribution < 1.29 is 19.0 Å². The van der Waals surface area contributed by atoms with Crippen LogP contribution in [0.3, 0.4) is 0 Å². The van der Waals surface area contributed by atoms with E-state index in [1.54, 1.807) is 42.5 Å². The molecule has 0 saturated carbocycles. The van der Waals surface area contributed by atoms with Gasteiger partial charge in [0.05, 0.1) is 19.8 Å². The van der Waals surface area contributed by atoms with Crippen LogP contribution in [0.1, 0.15) is 26.3 Å². The molecule has 2 rings (SSSR count). The lowest BCUT2D eigenvalue weighted by atomic mass is 10.1. The predicted octanol–water partition coefficient (Wildman–Crippen LogP) is 4.43. The summed E-state index contributed by atoms with van der Waals surface area (Å²) in [7, 11) is 0. The molecule has 0 heterocycles. The molecule has 0 aliphatic heterocycles. The molecular weight excluding hydrogens is 356 g/mol. The third-order valence-corrected chi connectivity index (χ3v) is 3.65. The molecule has 0 unspecified atom stereocenters. The Balaban J connectivity index is 2.23. The Hall–Kier alpha value is -3.46. The standard InChI is InChI=1S/C22H24N2O4/c1-4-26-19-9-7-8-18(14-19)24-22(25)17(15-23)12-16-10-11-20(27-5-2)21(13-16)28-6-3/h7-14H,4-6H2,1-3H3,(H,24,25)/b17-12-. The van der Waals surface area contributed by atoms with Crippen molar-refractivity contribution in [3.05, 3.63) is 53.6 Å². The van der Waals surface area contributed by atoms with Crippen molar-refractivity contribution in [3.63, 3.8) is 0 Å². The van der Waals surface area contributed by atoms with E-state index in [-0.39, 0.29) is 5.57 Å². The summed E-state index contributed by atoms with van der Waals surface area (Å²) in [5.41, 5.74) is 1.20. The first-order valence-corrected chi connectivity index (χ1v) is 9.16. The normalized spacial score (nSPS) is 10.7. The summed E-state index contributed by atoms with van der Waals surface area (Å²) in [6, 6.07) is 14.2. The first-order valence-electron chi connectivity index (χ1n) is 9.16. The summed E-state index contributed by atoms with van der Waals surface area (Å²) in [6.07, 6.45) is 1.51. The molecule has 6 heteroatoms. The third-order valence-electron chi connectivity index (χ3n) is 3.65. The average molecular weight is 380 g/mol. The molecule has 0 fully saturated rings. The molecule has 0 aromatic heterocycles. The Kier molecular flexibility index (Phi) is 7.92. The molecule has 0 radical (unpaired) electrons. The minimum atomic E-state index is -0.497. The van der Waals surface area contributed by atoms with Gasteiger partial charge in [0.15, 0.2) is 11.5 Å². The van der Waals surface area contributed by atoms with Crippen LogP contribution in [0.25, 0.3) is 6.08 Å². The molecule has 0 atom stereocenters. The molecule has 146 valence electrons. The largest absolute Gasteiger partial charge is 0.494 e. The van der Waals surface area contributed by atoms with Crippen LogP contribution in [0, 0.1) is 11.3 Å². The van der Waals surface area contributed by atoms with Gasteiger partial charge in [-0.25, -0.2) is 0 Å². The second-order valence-corrected chi connectivity index (χ2v) is 5.66. The van der Waals surface area contributed by atoms with Crippen LogP contribution in [0.2, 0.25) is 0 Å². The van der Waals surface area contributed by atoms with Gasteiger partial charge in [0.25, 0.3) is 5.91 Å². The van der Waals surface area contributed by atoms with Gasteiger partial charge in [0.1, 0.15) is 17.4 Å². The van der Waals surface area contributed by atoms with Gasteiger partial charge in [-0.05, 0) is 56.7 Å². The number of nitriles is 1. The highest BCUT2D eigenvalue weighted by atomic mass is 16.5. The molecule has 28 heavy (non-hydrogen) atoms. The van der Waals surface area contributed by atoms with Gasteiger partial charge in [0.2, 0.25) is 0 Å². The van der Waals surface area contributed by atoms with Gasteiger partial charge in [-0.2, -0.15) is 5.26 Å². The first-order chi connectivity index (χ1) is 13.6. The number of nitrogens with one attached hydrogen (secondary N) is 1. The number of amides is 1. The Morgan fingerprint density at radius 3 is 2.39 bits per heavy atom. The highest BCUT2D eigenvalue weighted by molar-refractivity contribution is 6.09. The molecule has 0 aliphatic rings. The van der Waals surface area contributed by atoms with Crippen molar-refractivity contribution in [3.8, 4) is 23.3 Å². The number of ether oxygens (including phenoxy) is 3. The van der Waals surface area contributed by atoms with Crippen LogP contribution >= 0.6 is 0 Å². The van der Waals surface area contributed by atoms with Crippen LogP contribution in [0.15, 0.2) is 48.0 Å². The topological polar surface area (TPSA) is 80.6 Å². The molecular formula is C22H24N2O4. The summed E-state index contributed by atoms with van der Waals surface area (Å²) in [6.45, 7) is 7.18. The van der Waals surface area contributed by atoms with Crippen LogP contribution in [0.5, 0.6) is 17.2 Å². The fourth-order valence-corrected chi connectivity index (χ4v) is 2.50. The fraction of sp³-hybridized carbons (Fsp3) is 0.273. The second-order valence-electron chi connectivity index (χ2n) is 5.66. The van der Waals surface area contributed by atoms with Gasteiger partial charge < -0.3 is 19.5 Å². The molecule has 6 nitrogen and oxygen atoms in total. The van der Waals surface area contributed by atoms with Gasteiger partial charge in [-0.15, -0.1) is 0 Å². The minimum Gasteiger partial charge on any atom is -0.494 e. The highest BCUT2D eigenvalue weighted by Gasteiger charge is 2.12. The number of nitrogens with zero attached hydrogens (tertiary/aromatic N) is 1. The smallest absolute Gasteiger partial charge is 0.266 e. The lowest BCUT2D eigenvalue weighted by molar-refractivity contribution is -0.112. The zero-order chi connectivity index (χ0) is 20.4. The number of rotatable bonds is 9. The van der Waals surface area contributed by atoms with Crippen LogP contribution in [-0.4, -0.2) is 25.7 Å². The van der Waals surface area contributed by atoms with Crippen LogP contribution in [0.4, 0.5) is 5.69 Å². The van der Waals surface area contributed by atoms with E-state index in [4.69, 9.17) is 14.2 Å². The third kappa shape index (κ3) is 5.78. The molecule has 0 aliphatic carbocycles. The maximum atomic E-state index is 12.5. The SMILES string of the molecule is CCOc1cccc(NC(=O)/C(C#N)=C\c2ccc(OCC)c(OCC)c2)c1. The van der Waals surface area contributed by atoms with E-state index in [1.807, 2.05) is 26.8 Å². The minimum absolute atomic E-state index is 0.0200. The predicted molar refractivity (Wildman–Crippen MR) is 109 cm³/mol. The number of anilines is 1. The highest BCUT2D eigenvalue weighted by Crippen LogP contribution is 2.29. The Morgan fingerprint density at radius 1 is 1.00 bits per heavy atom. The number of carbonyl (C=O) groups is 1. The average Bonchev–Trinajstić information content (AvgIpc) is 2.68. The van der Waals surface area contributed by atoms with E-state index in [9.17, 15) is 10.1 Å². The van der Waals surface area contributed by atoms with E-state index in [0.717, 1.165) is 0 Å². The van der Waals surface area contributed by atoms with Crippen molar-refractivity contribution in [1.82, 2.24) is 0 Å². The van der Waals surface area contributed by atoms with Crippen molar-refractivity contribution in [2.75, 3.05) is 25.1 Å². The Labute approximate surface area is 165 Å². The maximum absolute atomic E-state index is 12.5. The zero-order valence-corrected chi connectivity index (χ0v) is 16.3. The fourth-order valence-electron chi connectivity index (χ4n) is 2.50. The van der Waals surface area contributed by atoms with E-state index in [1.165, 1.54) is 6.08 Å². The van der Waals surface area contributed by atoms with E-state index >= 15 is 0 Å². The van der Waals surface area contributed by atoms with E-state index < -0.39 is 5.91 Å². The molecule has 1 amide bonds. The van der Waals surface area contributed by atoms with Gasteiger partial charge in [-0.1, -0.05) is 12.1 Å². The number of carbonyl (C=O) groups excluding carboxylic acids is 1. The van der Waals surface area contributed by atoms with Gasteiger partial charge in [-0.3, -0.25) is 4.79 Å². The Morgan fingerprint density at radius 2 is 1.71 bits per heavy atom. The monoisotopic (exact) mass is 380 g/mol. The first kappa shape index (κ1) is 20.8. The van der Waals surface area contributed by atoms with Gasteiger partial charge in [0, 0.05) is 11.8 Å². The molecule has 2 aromatic rings. The summed E-state index contributed by atoms with van der Waals surface area (Å²) >= 11 is 0. The lowest BCUT2D eigenvalue weighted by Gasteiger charge is -2.11. The molecule has 2 aromatic carbocycles. The number of benzene rings is 2. The zero-order valence-electron chi connectivity index (χ0n) is 16.3. The van der Waals surface area contributed by atoms with Crippen molar-refractivity contribution >= 4 is 17.7 Å². The summed E-state index contributed by atoms with van der Waals surface area (Å²) in [4.78, 5) is 12.5. The van der Waals surface area contributed by atoms with Crippen molar-refractivity contribution in [2.24, 2.45) is 0 Å². The van der Waals surface area contributed by atoms with E-state index in [0.29, 0.717) is 48.3 Å². The molecule has 0 saturated heterocycles. The summed E-state index contributed by atoms with van der Waals surface area (Å²) < 4.78 is 16.5. The van der Waals surface area contributed by atoms with Crippen LogP contribution < -0.4 is 19.5 Å². The van der Waals surface area contributed by atoms with Gasteiger partial charge >= 0.3 is 0 Å². The number of hydrogen-bond acceptors (Lipinski definition) is 5. The van der Waals surface area contributed by atoms with Crippen molar-refractivity contribution in [2.45, 2.75) is 20.8 Å². The summed E-state index contributed by atoms with van der Waals surface area (Å²) in [5.74, 6) is 1.34. The molecule has 0 bridgehead atoms. The molecule has 1 N–H and O–H groups in total. The maximum Gasteiger partial charge on any atom is 0.266 e. The second kappa shape index (κ2) is 10.6. The van der Waals surface area contributed by atoms with Crippen LogP contribution in [-0.2, 0) is 4.79 Å². The van der Waals surface area contributed by atoms with Crippen molar-refractivity contribution in [1.29, 1.82) is 5.26 Å². The lowest BCUT2D eigenvalue weighted by Crippen LogP contribution is -2.13. The quantitative estimate of drug-likeness (QED) is 0.514. The Bertz CT molecular complexity index is 884. The number of hydrogen-bond donors (Lipinski definition) is 1. The molecule has 0 spiro atoms. The van der Waals surface area contributed by atoms with E-state index in [2.05, 4.69) is 5.32 Å². The summed E-state index contributed by atoms with van der Waals surface area (Å²) in [5, 5.41) is 12.1.